The van der Waals surface area contributed by atoms with Gasteiger partial charge in [0.05, 0.1) is 7.11 Å². The number of piperazine rings is 1. The molecule has 1 aromatic carbocycles. The van der Waals surface area contributed by atoms with E-state index in [2.05, 4.69) is 44.4 Å². The number of hydrogen-bond donors (Lipinski definition) is 1. The number of methoxy groups -OCH3 is 1. The minimum absolute atomic E-state index is 0.0111. The summed E-state index contributed by atoms with van der Waals surface area (Å²) in [6, 6.07) is 12.2. The van der Waals surface area contributed by atoms with Crippen LogP contribution in [0.4, 0.5) is 16.3 Å². The van der Waals surface area contributed by atoms with Gasteiger partial charge in [-0.3, -0.25) is 0 Å². The van der Waals surface area contributed by atoms with E-state index in [1.54, 1.807) is 7.11 Å². The number of amides is 2. The fourth-order valence-corrected chi connectivity index (χ4v) is 3.90. The lowest BCUT2D eigenvalue weighted by Crippen LogP contribution is -2.51. The first-order chi connectivity index (χ1) is 14.2. The summed E-state index contributed by atoms with van der Waals surface area (Å²) in [6.07, 6.45) is 4.35. The Bertz CT molecular complexity index is 795. The Labute approximate surface area is 172 Å². The average Bonchev–Trinajstić information content (AvgIpc) is 3.33. The molecule has 0 atom stereocenters. The van der Waals surface area contributed by atoms with Gasteiger partial charge < -0.3 is 24.8 Å². The number of urea groups is 1. The van der Waals surface area contributed by atoms with E-state index < -0.39 is 0 Å². The third-order valence-electron chi connectivity index (χ3n) is 5.69. The van der Waals surface area contributed by atoms with Crippen LogP contribution in [0.3, 0.4) is 0 Å². The fraction of sp³-hybridized carbons (Fsp3) is 0.455. The second-order valence-electron chi connectivity index (χ2n) is 7.55. The van der Waals surface area contributed by atoms with Crippen molar-refractivity contribution in [3.63, 3.8) is 0 Å². The van der Waals surface area contributed by atoms with Crippen LogP contribution in [0, 0.1) is 0 Å². The number of hydrogen-bond acceptors (Lipinski definition) is 5. The summed E-state index contributed by atoms with van der Waals surface area (Å²) in [5, 5.41) is 3.03. The number of nitrogens with zero attached hydrogens (tertiary/aromatic N) is 4. The zero-order valence-electron chi connectivity index (χ0n) is 17.0. The maximum absolute atomic E-state index is 12.5. The van der Waals surface area contributed by atoms with Crippen molar-refractivity contribution in [3.05, 3.63) is 48.2 Å². The minimum atomic E-state index is -0.0111. The molecule has 1 N–H and O–H groups in total. The van der Waals surface area contributed by atoms with Crippen molar-refractivity contribution in [2.24, 2.45) is 0 Å². The van der Waals surface area contributed by atoms with Gasteiger partial charge >= 0.3 is 6.03 Å². The molecule has 0 spiro atoms. The first-order valence-corrected chi connectivity index (χ1v) is 10.3. The van der Waals surface area contributed by atoms with Crippen LogP contribution in [-0.4, -0.2) is 62.3 Å². The van der Waals surface area contributed by atoms with Gasteiger partial charge in [0.2, 0.25) is 0 Å². The largest absolute Gasteiger partial charge is 0.497 e. The molecule has 2 fully saturated rings. The van der Waals surface area contributed by atoms with E-state index in [0.717, 1.165) is 49.0 Å². The molecule has 2 aromatic rings. The van der Waals surface area contributed by atoms with Crippen molar-refractivity contribution in [3.8, 4) is 5.75 Å². The van der Waals surface area contributed by atoms with Crippen molar-refractivity contribution >= 4 is 17.5 Å². The molecule has 0 saturated carbocycles. The van der Waals surface area contributed by atoms with Crippen molar-refractivity contribution in [2.75, 3.05) is 56.2 Å². The summed E-state index contributed by atoms with van der Waals surface area (Å²) in [5.74, 6) is 1.89. The van der Waals surface area contributed by atoms with Crippen LogP contribution < -0.4 is 19.9 Å². The Kier molecular flexibility index (Phi) is 6.03. The molecule has 2 aliphatic heterocycles. The molecule has 3 heterocycles. The highest BCUT2D eigenvalue weighted by Gasteiger charge is 2.21. The van der Waals surface area contributed by atoms with E-state index in [1.165, 1.54) is 12.8 Å². The lowest BCUT2D eigenvalue weighted by Gasteiger charge is -2.36. The van der Waals surface area contributed by atoms with Crippen LogP contribution in [-0.2, 0) is 6.54 Å². The minimum Gasteiger partial charge on any atom is -0.497 e. The van der Waals surface area contributed by atoms with Crippen molar-refractivity contribution in [2.45, 2.75) is 19.4 Å². The summed E-state index contributed by atoms with van der Waals surface area (Å²) in [4.78, 5) is 23.6. The topological polar surface area (TPSA) is 60.9 Å². The number of nitrogens with one attached hydrogen (secondary N) is 1. The molecule has 0 radical (unpaired) electrons. The van der Waals surface area contributed by atoms with Gasteiger partial charge in [-0.2, -0.15) is 0 Å². The molecule has 154 valence electrons. The predicted molar refractivity (Wildman–Crippen MR) is 115 cm³/mol. The third kappa shape index (κ3) is 4.72. The first kappa shape index (κ1) is 19.4. The molecule has 7 heteroatoms. The summed E-state index contributed by atoms with van der Waals surface area (Å²) < 4.78 is 5.21. The SMILES string of the molecule is COc1ccc(N2CCN(C(=O)NCc3ccc(N4CCCC4)nc3)CC2)cc1. The Balaban J connectivity index is 1.23. The standard InChI is InChI=1S/C22H29N5O2/c1-29-20-7-5-19(6-8-20)25-12-14-27(15-13-25)22(28)24-17-18-4-9-21(23-16-18)26-10-2-3-11-26/h4-9,16H,2-3,10-15,17H2,1H3,(H,24,28). The molecule has 0 unspecified atom stereocenters. The number of anilines is 2. The van der Waals surface area contributed by atoms with Gasteiger partial charge in [-0.15, -0.1) is 0 Å². The lowest BCUT2D eigenvalue weighted by atomic mass is 10.2. The van der Waals surface area contributed by atoms with Crippen LogP contribution >= 0.6 is 0 Å². The zero-order valence-corrected chi connectivity index (χ0v) is 17.0. The second kappa shape index (κ2) is 9.03. The molecule has 0 bridgehead atoms. The maximum atomic E-state index is 12.5. The summed E-state index contributed by atoms with van der Waals surface area (Å²) >= 11 is 0. The molecule has 0 aliphatic carbocycles. The lowest BCUT2D eigenvalue weighted by molar-refractivity contribution is 0.194. The van der Waals surface area contributed by atoms with Crippen LogP contribution in [0.2, 0.25) is 0 Å². The van der Waals surface area contributed by atoms with E-state index in [4.69, 9.17) is 4.74 Å². The monoisotopic (exact) mass is 395 g/mol. The highest BCUT2D eigenvalue weighted by atomic mass is 16.5. The molecule has 2 saturated heterocycles. The fourth-order valence-electron chi connectivity index (χ4n) is 3.90. The molecule has 4 rings (SSSR count). The van der Waals surface area contributed by atoms with E-state index in [9.17, 15) is 4.79 Å². The normalized spacial score (nSPS) is 16.8. The average molecular weight is 396 g/mol. The summed E-state index contributed by atoms with van der Waals surface area (Å²) in [5.41, 5.74) is 2.19. The Morgan fingerprint density at radius 3 is 2.31 bits per heavy atom. The van der Waals surface area contributed by atoms with E-state index >= 15 is 0 Å². The highest BCUT2D eigenvalue weighted by Crippen LogP contribution is 2.21. The molecular weight excluding hydrogens is 366 g/mol. The van der Waals surface area contributed by atoms with Gasteiger partial charge in [0.15, 0.2) is 0 Å². The van der Waals surface area contributed by atoms with Crippen LogP contribution in [0.15, 0.2) is 42.6 Å². The molecule has 29 heavy (non-hydrogen) atoms. The maximum Gasteiger partial charge on any atom is 0.317 e. The molecule has 1 aromatic heterocycles. The third-order valence-corrected chi connectivity index (χ3v) is 5.69. The van der Waals surface area contributed by atoms with Crippen molar-refractivity contribution in [1.82, 2.24) is 15.2 Å². The molecular formula is C22H29N5O2. The van der Waals surface area contributed by atoms with Gasteiger partial charge in [0.1, 0.15) is 11.6 Å². The van der Waals surface area contributed by atoms with Gasteiger partial charge in [0.25, 0.3) is 0 Å². The van der Waals surface area contributed by atoms with Gasteiger partial charge in [0, 0.05) is 57.7 Å². The van der Waals surface area contributed by atoms with E-state index in [-0.39, 0.29) is 6.03 Å². The molecule has 7 nitrogen and oxygen atoms in total. The smallest absolute Gasteiger partial charge is 0.317 e. The van der Waals surface area contributed by atoms with Crippen LogP contribution in [0.25, 0.3) is 0 Å². The van der Waals surface area contributed by atoms with Gasteiger partial charge in [-0.05, 0) is 48.7 Å². The summed E-state index contributed by atoms with van der Waals surface area (Å²) in [6.45, 7) is 5.76. The Morgan fingerprint density at radius 1 is 0.966 bits per heavy atom. The van der Waals surface area contributed by atoms with Crippen LogP contribution in [0.5, 0.6) is 5.75 Å². The number of ether oxygens (including phenoxy) is 1. The second-order valence-corrected chi connectivity index (χ2v) is 7.55. The quantitative estimate of drug-likeness (QED) is 0.844. The molecule has 2 aliphatic rings. The van der Waals surface area contributed by atoms with Gasteiger partial charge in [-0.25, -0.2) is 9.78 Å². The number of pyridine rings is 1. The van der Waals surface area contributed by atoms with Crippen LogP contribution in [0.1, 0.15) is 18.4 Å². The number of aromatic nitrogens is 1. The molecule has 2 amide bonds. The van der Waals surface area contributed by atoms with Crippen molar-refractivity contribution in [1.29, 1.82) is 0 Å². The van der Waals surface area contributed by atoms with Crippen molar-refractivity contribution < 1.29 is 9.53 Å². The number of rotatable bonds is 5. The number of carbonyl (C=O) groups is 1. The number of carbonyl (C=O) groups excluding carboxylic acids is 1. The highest BCUT2D eigenvalue weighted by molar-refractivity contribution is 5.74. The van der Waals surface area contributed by atoms with Gasteiger partial charge in [-0.1, -0.05) is 6.07 Å². The Hall–Kier alpha value is -2.96. The predicted octanol–water partition coefficient (Wildman–Crippen LogP) is 2.72. The zero-order chi connectivity index (χ0) is 20.1. The number of benzene rings is 1. The Morgan fingerprint density at radius 2 is 1.69 bits per heavy atom. The van der Waals surface area contributed by atoms with E-state index in [0.29, 0.717) is 19.6 Å². The first-order valence-electron chi connectivity index (χ1n) is 10.3. The van der Waals surface area contributed by atoms with E-state index in [1.807, 2.05) is 23.2 Å². The summed E-state index contributed by atoms with van der Waals surface area (Å²) in [7, 11) is 1.67.